The van der Waals surface area contributed by atoms with Crippen LogP contribution < -0.4 is 4.90 Å². The first-order valence-electron chi connectivity index (χ1n) is 3.10. The minimum Gasteiger partial charge on any atom is -0.330 e. The molecule has 50 valence electrons. The van der Waals surface area contributed by atoms with Crippen molar-refractivity contribution in [2.45, 2.75) is 20.1 Å². The van der Waals surface area contributed by atoms with Gasteiger partial charge in [-0.2, -0.15) is 0 Å². The Balaban J connectivity index is 3.17. The minimum absolute atomic E-state index is 0.333. The zero-order valence-corrected chi connectivity index (χ0v) is 6.19. The largest absolute Gasteiger partial charge is 0.330 e. The third-order valence-electron chi connectivity index (χ3n) is 1.23. The summed E-state index contributed by atoms with van der Waals surface area (Å²) in [5, 5.41) is 0. The predicted molar refractivity (Wildman–Crippen MR) is 33.9 cm³/mol. The molecule has 0 amide bonds. The highest BCUT2D eigenvalue weighted by Gasteiger charge is 2.03. The third-order valence-corrected chi connectivity index (χ3v) is 1.23. The second-order valence-electron chi connectivity index (χ2n) is 2.17. The van der Waals surface area contributed by atoms with Gasteiger partial charge in [-0.05, 0) is 6.92 Å². The van der Waals surface area contributed by atoms with Gasteiger partial charge in [-0.1, -0.05) is 0 Å². The topological polar surface area (TPSA) is 13.7 Å². The summed E-state index contributed by atoms with van der Waals surface area (Å²) in [7, 11) is 4.17. The molecule has 0 aliphatic heterocycles. The standard InChI is InChI=1S/C6H15NO/c1-5-8-6(2)7(3)4/h6H,5H2,1-4H3/p+1. The van der Waals surface area contributed by atoms with Crippen molar-refractivity contribution in [3.63, 3.8) is 0 Å². The summed E-state index contributed by atoms with van der Waals surface area (Å²) < 4.78 is 5.27. The zero-order chi connectivity index (χ0) is 6.57. The smallest absolute Gasteiger partial charge is 0.188 e. The summed E-state index contributed by atoms with van der Waals surface area (Å²) in [5.41, 5.74) is 0. The predicted octanol–water partition coefficient (Wildman–Crippen LogP) is -0.487. The van der Waals surface area contributed by atoms with E-state index in [1.807, 2.05) is 6.92 Å². The monoisotopic (exact) mass is 118 g/mol. The molecule has 0 aromatic heterocycles. The van der Waals surface area contributed by atoms with Crippen molar-refractivity contribution in [3.8, 4) is 0 Å². The number of quaternary nitrogens is 1. The summed E-state index contributed by atoms with van der Waals surface area (Å²) in [4.78, 5) is 1.34. The first-order chi connectivity index (χ1) is 3.68. The van der Waals surface area contributed by atoms with E-state index < -0.39 is 0 Å². The zero-order valence-electron chi connectivity index (χ0n) is 6.19. The maximum Gasteiger partial charge on any atom is 0.188 e. The van der Waals surface area contributed by atoms with Crippen LogP contribution in [-0.4, -0.2) is 26.9 Å². The highest BCUT2D eigenvalue weighted by atomic mass is 16.5. The Morgan fingerprint density at radius 3 is 2.12 bits per heavy atom. The van der Waals surface area contributed by atoms with Gasteiger partial charge in [-0.15, -0.1) is 0 Å². The van der Waals surface area contributed by atoms with Gasteiger partial charge in [0, 0.05) is 6.92 Å². The van der Waals surface area contributed by atoms with Crippen molar-refractivity contribution in [1.82, 2.24) is 0 Å². The Hall–Kier alpha value is -0.0800. The fraction of sp³-hybridized carbons (Fsp3) is 1.00. The van der Waals surface area contributed by atoms with Crippen LogP contribution in [0.4, 0.5) is 0 Å². The van der Waals surface area contributed by atoms with E-state index >= 15 is 0 Å². The van der Waals surface area contributed by atoms with E-state index in [0.717, 1.165) is 6.61 Å². The fourth-order valence-electron chi connectivity index (χ4n) is 0.417. The quantitative estimate of drug-likeness (QED) is 0.494. The molecule has 0 rings (SSSR count). The molecule has 0 aromatic rings. The molecule has 0 heterocycles. The van der Waals surface area contributed by atoms with Crippen molar-refractivity contribution < 1.29 is 9.64 Å². The van der Waals surface area contributed by atoms with Crippen LogP contribution >= 0.6 is 0 Å². The number of nitrogens with one attached hydrogen (secondary N) is 1. The van der Waals surface area contributed by atoms with E-state index in [0.29, 0.717) is 6.23 Å². The molecule has 0 saturated heterocycles. The molecule has 1 N–H and O–H groups in total. The van der Waals surface area contributed by atoms with Crippen LogP contribution in [0.1, 0.15) is 13.8 Å². The summed E-state index contributed by atoms with van der Waals surface area (Å²) in [6, 6.07) is 0. The highest BCUT2D eigenvalue weighted by Crippen LogP contribution is 1.75. The van der Waals surface area contributed by atoms with E-state index in [1.54, 1.807) is 0 Å². The Labute approximate surface area is 51.4 Å². The minimum atomic E-state index is 0.333. The molecular weight excluding hydrogens is 102 g/mol. The van der Waals surface area contributed by atoms with Crippen molar-refractivity contribution in [2.75, 3.05) is 20.7 Å². The molecule has 2 heteroatoms. The van der Waals surface area contributed by atoms with Crippen LogP contribution in [0.25, 0.3) is 0 Å². The van der Waals surface area contributed by atoms with E-state index in [4.69, 9.17) is 4.74 Å². The average molecular weight is 118 g/mol. The van der Waals surface area contributed by atoms with Gasteiger partial charge < -0.3 is 9.64 Å². The summed E-state index contributed by atoms with van der Waals surface area (Å²) in [6.45, 7) is 4.89. The van der Waals surface area contributed by atoms with Crippen LogP contribution in [0.15, 0.2) is 0 Å². The number of hydrogen-bond acceptors (Lipinski definition) is 1. The van der Waals surface area contributed by atoms with E-state index in [-0.39, 0.29) is 0 Å². The van der Waals surface area contributed by atoms with Gasteiger partial charge in [0.25, 0.3) is 0 Å². The van der Waals surface area contributed by atoms with E-state index in [1.165, 1.54) is 4.90 Å². The summed E-state index contributed by atoms with van der Waals surface area (Å²) in [5.74, 6) is 0. The van der Waals surface area contributed by atoms with E-state index in [9.17, 15) is 0 Å². The Morgan fingerprint density at radius 1 is 1.50 bits per heavy atom. The van der Waals surface area contributed by atoms with Crippen LogP contribution in [0.2, 0.25) is 0 Å². The fourth-order valence-corrected chi connectivity index (χ4v) is 0.417. The lowest BCUT2D eigenvalue weighted by Crippen LogP contribution is -3.09. The molecule has 0 aliphatic carbocycles. The van der Waals surface area contributed by atoms with Crippen molar-refractivity contribution in [3.05, 3.63) is 0 Å². The molecule has 0 radical (unpaired) electrons. The Kier molecular flexibility index (Phi) is 3.83. The second kappa shape index (κ2) is 3.87. The van der Waals surface area contributed by atoms with Crippen molar-refractivity contribution in [2.24, 2.45) is 0 Å². The molecule has 0 fully saturated rings. The molecule has 1 atom stereocenters. The van der Waals surface area contributed by atoms with E-state index in [2.05, 4.69) is 21.0 Å². The van der Waals surface area contributed by atoms with Gasteiger partial charge >= 0.3 is 0 Å². The van der Waals surface area contributed by atoms with Gasteiger partial charge in [0.1, 0.15) is 0 Å². The average Bonchev–Trinajstić information content (AvgIpc) is 1.67. The molecule has 0 saturated carbocycles. The van der Waals surface area contributed by atoms with Gasteiger partial charge in [-0.3, -0.25) is 0 Å². The molecule has 0 aromatic carbocycles. The molecule has 2 nitrogen and oxygen atoms in total. The van der Waals surface area contributed by atoms with Gasteiger partial charge in [-0.25, -0.2) is 0 Å². The third kappa shape index (κ3) is 2.99. The molecule has 0 spiro atoms. The molecule has 1 unspecified atom stereocenters. The Bertz CT molecular complexity index is 54.5. The first-order valence-corrected chi connectivity index (χ1v) is 3.10. The molecular formula is C6H16NO+. The number of ether oxygens (including phenoxy) is 1. The van der Waals surface area contributed by atoms with Gasteiger partial charge in [0.15, 0.2) is 6.23 Å². The lowest BCUT2D eigenvalue weighted by atomic mass is 10.6. The lowest BCUT2D eigenvalue weighted by molar-refractivity contribution is -0.908. The number of hydrogen-bond donors (Lipinski definition) is 1. The Morgan fingerprint density at radius 2 is 2.00 bits per heavy atom. The van der Waals surface area contributed by atoms with Crippen molar-refractivity contribution in [1.29, 1.82) is 0 Å². The molecule has 0 bridgehead atoms. The first kappa shape index (κ1) is 7.92. The maximum absolute atomic E-state index is 5.27. The van der Waals surface area contributed by atoms with Gasteiger partial charge in [0.05, 0.1) is 20.7 Å². The van der Waals surface area contributed by atoms with Gasteiger partial charge in [0.2, 0.25) is 0 Å². The normalized spacial score (nSPS) is 14.6. The van der Waals surface area contributed by atoms with Crippen LogP contribution in [0, 0.1) is 0 Å². The summed E-state index contributed by atoms with van der Waals surface area (Å²) in [6.07, 6.45) is 0.333. The number of rotatable bonds is 3. The lowest BCUT2D eigenvalue weighted by Gasteiger charge is -2.15. The summed E-state index contributed by atoms with van der Waals surface area (Å²) >= 11 is 0. The molecule has 8 heavy (non-hydrogen) atoms. The van der Waals surface area contributed by atoms with Crippen LogP contribution in [0.5, 0.6) is 0 Å². The van der Waals surface area contributed by atoms with Crippen LogP contribution in [-0.2, 0) is 4.74 Å². The SMILES string of the molecule is CCOC(C)[NH+](C)C. The molecule has 0 aliphatic rings. The second-order valence-corrected chi connectivity index (χ2v) is 2.17. The highest BCUT2D eigenvalue weighted by molar-refractivity contribution is 4.20. The van der Waals surface area contributed by atoms with Crippen molar-refractivity contribution >= 4 is 0 Å². The van der Waals surface area contributed by atoms with Crippen LogP contribution in [0.3, 0.4) is 0 Å². The maximum atomic E-state index is 5.27.